The summed E-state index contributed by atoms with van der Waals surface area (Å²) in [4.78, 5) is 39.4. The average Bonchev–Trinajstić information content (AvgIpc) is 3.08. The van der Waals surface area contributed by atoms with Crippen molar-refractivity contribution in [3.8, 4) is 6.07 Å². The Labute approximate surface area is 168 Å². The van der Waals surface area contributed by atoms with Gasteiger partial charge in [0, 0.05) is 13.0 Å². The van der Waals surface area contributed by atoms with Crippen LogP contribution >= 0.6 is 0 Å². The van der Waals surface area contributed by atoms with Gasteiger partial charge in [-0.3, -0.25) is 20.2 Å². The Bertz CT molecular complexity index is 1160. The summed E-state index contributed by atoms with van der Waals surface area (Å²) in [6.07, 6.45) is -1.11. The average molecular weight is 413 g/mol. The van der Waals surface area contributed by atoms with Crippen molar-refractivity contribution < 1.29 is 28.0 Å². The molecule has 11 heteroatoms. The van der Waals surface area contributed by atoms with Gasteiger partial charge in [0.25, 0.3) is 0 Å². The minimum atomic E-state index is -1.72. The third kappa shape index (κ3) is 2.19. The van der Waals surface area contributed by atoms with Crippen LogP contribution in [0.15, 0.2) is 10.6 Å². The number of amides is 4. The second kappa shape index (κ2) is 5.99. The molecule has 3 aliphatic heterocycles. The molecule has 0 saturated carbocycles. The van der Waals surface area contributed by atoms with E-state index in [1.54, 1.807) is 18.7 Å². The summed E-state index contributed by atoms with van der Waals surface area (Å²) in [5, 5.41) is 17.3. The third-order valence-corrected chi connectivity index (χ3v) is 6.07. The van der Waals surface area contributed by atoms with Gasteiger partial charge in [-0.15, -0.1) is 0 Å². The van der Waals surface area contributed by atoms with Crippen LogP contribution in [-0.2, 0) is 20.7 Å². The SMILES string of the molecule is C[C@@H]1CN2c3c(cc4c(C#N)noc4c3F)CC3(C(=O)NC(=O)NC3=O)[C@H]2[C@H](C)O1. The Morgan fingerprint density at radius 3 is 2.67 bits per heavy atom. The highest BCUT2D eigenvalue weighted by Gasteiger charge is 2.63. The Morgan fingerprint density at radius 1 is 1.30 bits per heavy atom. The number of carbonyl (C=O) groups is 3. The lowest BCUT2D eigenvalue weighted by Crippen LogP contribution is -2.75. The number of hydrogen-bond acceptors (Lipinski definition) is 8. The van der Waals surface area contributed by atoms with Gasteiger partial charge >= 0.3 is 6.03 Å². The van der Waals surface area contributed by atoms with Crippen molar-refractivity contribution in [2.45, 2.75) is 38.5 Å². The highest BCUT2D eigenvalue weighted by atomic mass is 19.1. The molecule has 3 atom stereocenters. The van der Waals surface area contributed by atoms with Crippen LogP contribution in [0.5, 0.6) is 0 Å². The Balaban J connectivity index is 1.80. The number of nitrogens with zero attached hydrogens (tertiary/aromatic N) is 3. The highest BCUT2D eigenvalue weighted by molar-refractivity contribution is 6.20. The first-order chi connectivity index (χ1) is 14.3. The number of benzene rings is 1. The normalized spacial score (nSPS) is 27.3. The van der Waals surface area contributed by atoms with Gasteiger partial charge in [0.15, 0.2) is 16.9 Å². The Morgan fingerprint density at radius 2 is 2.00 bits per heavy atom. The minimum absolute atomic E-state index is 0.0979. The smallest absolute Gasteiger partial charge is 0.328 e. The number of morpholine rings is 1. The molecule has 3 aliphatic rings. The lowest BCUT2D eigenvalue weighted by molar-refractivity contribution is -0.153. The molecule has 30 heavy (non-hydrogen) atoms. The van der Waals surface area contributed by atoms with E-state index in [2.05, 4.69) is 15.8 Å². The topological polar surface area (TPSA) is 138 Å². The van der Waals surface area contributed by atoms with E-state index in [-0.39, 0.29) is 41.4 Å². The molecule has 1 aromatic carbocycles. The molecule has 5 rings (SSSR count). The van der Waals surface area contributed by atoms with Gasteiger partial charge in [0.1, 0.15) is 6.07 Å². The van der Waals surface area contributed by atoms with Crippen molar-refractivity contribution >= 4 is 34.5 Å². The van der Waals surface area contributed by atoms with Crippen molar-refractivity contribution in [2.24, 2.45) is 5.41 Å². The summed E-state index contributed by atoms with van der Waals surface area (Å²) in [5.74, 6) is -2.26. The van der Waals surface area contributed by atoms with Crippen LogP contribution in [0, 0.1) is 22.6 Å². The molecule has 0 unspecified atom stereocenters. The number of halogens is 1. The molecule has 0 aliphatic carbocycles. The number of carbonyl (C=O) groups excluding carboxylic acids is 3. The van der Waals surface area contributed by atoms with Crippen molar-refractivity contribution in [3.63, 3.8) is 0 Å². The van der Waals surface area contributed by atoms with Crippen LogP contribution < -0.4 is 15.5 Å². The van der Waals surface area contributed by atoms with Crippen LogP contribution in [0.25, 0.3) is 11.0 Å². The molecular formula is C19H16FN5O5. The molecule has 154 valence electrons. The first-order valence-electron chi connectivity index (χ1n) is 9.37. The van der Waals surface area contributed by atoms with Crippen molar-refractivity contribution in [1.82, 2.24) is 15.8 Å². The largest absolute Gasteiger partial charge is 0.372 e. The minimum Gasteiger partial charge on any atom is -0.372 e. The lowest BCUT2D eigenvalue weighted by atomic mass is 9.66. The zero-order chi connectivity index (χ0) is 21.4. The maximum atomic E-state index is 15.6. The predicted octanol–water partition coefficient (Wildman–Crippen LogP) is 0.729. The van der Waals surface area contributed by atoms with Crippen molar-refractivity contribution in [1.29, 1.82) is 5.26 Å². The number of urea groups is 1. The maximum absolute atomic E-state index is 15.6. The molecule has 2 saturated heterocycles. The molecule has 1 spiro atoms. The molecule has 2 N–H and O–H groups in total. The van der Waals surface area contributed by atoms with Crippen LogP contribution in [-0.4, -0.2) is 47.8 Å². The van der Waals surface area contributed by atoms with Crippen LogP contribution in [0.3, 0.4) is 0 Å². The molecule has 4 amide bonds. The van der Waals surface area contributed by atoms with Gasteiger partial charge in [-0.1, -0.05) is 5.16 Å². The number of nitriles is 1. The van der Waals surface area contributed by atoms with E-state index in [4.69, 9.17) is 9.26 Å². The zero-order valence-electron chi connectivity index (χ0n) is 16.0. The van der Waals surface area contributed by atoms with Gasteiger partial charge in [-0.25, -0.2) is 9.18 Å². The summed E-state index contributed by atoms with van der Waals surface area (Å²) in [7, 11) is 0. The summed E-state index contributed by atoms with van der Waals surface area (Å²) >= 11 is 0. The molecule has 1 aromatic heterocycles. The molecule has 10 nitrogen and oxygen atoms in total. The van der Waals surface area contributed by atoms with E-state index in [1.807, 2.05) is 6.07 Å². The van der Waals surface area contributed by atoms with E-state index in [0.29, 0.717) is 5.56 Å². The van der Waals surface area contributed by atoms with E-state index < -0.39 is 41.2 Å². The van der Waals surface area contributed by atoms with E-state index >= 15 is 4.39 Å². The Hall–Kier alpha value is -3.52. The second-order valence-corrected chi connectivity index (χ2v) is 7.85. The van der Waals surface area contributed by atoms with E-state index in [9.17, 15) is 19.6 Å². The number of hydrogen-bond donors (Lipinski definition) is 2. The number of nitrogens with one attached hydrogen (secondary N) is 2. The van der Waals surface area contributed by atoms with E-state index in [1.165, 1.54) is 6.07 Å². The van der Waals surface area contributed by atoms with Gasteiger partial charge < -0.3 is 14.2 Å². The third-order valence-electron chi connectivity index (χ3n) is 6.07. The number of anilines is 1. The molecule has 0 bridgehead atoms. The molecule has 0 radical (unpaired) electrons. The zero-order valence-corrected chi connectivity index (χ0v) is 16.0. The van der Waals surface area contributed by atoms with Crippen molar-refractivity contribution in [3.05, 3.63) is 23.1 Å². The van der Waals surface area contributed by atoms with E-state index in [0.717, 1.165) is 0 Å². The number of rotatable bonds is 0. The second-order valence-electron chi connectivity index (χ2n) is 7.85. The first kappa shape index (κ1) is 18.5. The molecule has 2 aromatic rings. The number of barbiturate groups is 1. The maximum Gasteiger partial charge on any atom is 0.328 e. The number of imide groups is 2. The van der Waals surface area contributed by atoms with Gasteiger partial charge in [-0.05, 0) is 25.5 Å². The Kier molecular flexibility index (Phi) is 3.70. The van der Waals surface area contributed by atoms with Crippen molar-refractivity contribution in [2.75, 3.05) is 11.4 Å². The fourth-order valence-electron chi connectivity index (χ4n) is 5.03. The summed E-state index contributed by atoms with van der Waals surface area (Å²) < 4.78 is 26.5. The molecular weight excluding hydrogens is 397 g/mol. The van der Waals surface area contributed by atoms with Gasteiger partial charge in [-0.2, -0.15) is 5.26 Å². The first-order valence-corrected chi connectivity index (χ1v) is 9.37. The van der Waals surface area contributed by atoms with Gasteiger partial charge in [0.05, 0.1) is 29.3 Å². The summed E-state index contributed by atoms with van der Waals surface area (Å²) in [5.41, 5.74) is -1.46. The summed E-state index contributed by atoms with van der Waals surface area (Å²) in [6, 6.07) is 1.59. The standard InChI is InChI=1S/C19H16FN5O5/c1-7-6-25-13-9(3-10-11(5-21)24-30-14(10)12(13)20)4-19(15(25)8(2)29-7)16(26)22-18(28)23-17(19)27/h3,7-8,15H,4,6H2,1-2H3,(H2,22,23,26,27,28)/t7-,8+,15-/m1/s1. The number of fused-ring (bicyclic) bond motifs is 5. The quantitative estimate of drug-likeness (QED) is 0.603. The highest BCUT2D eigenvalue weighted by Crippen LogP contribution is 2.49. The summed E-state index contributed by atoms with van der Waals surface area (Å²) in [6.45, 7) is 3.71. The fraction of sp³-hybridized carbons (Fsp3) is 0.421. The van der Waals surface area contributed by atoms with Crippen LogP contribution in [0.2, 0.25) is 0 Å². The lowest BCUT2D eigenvalue weighted by Gasteiger charge is -2.55. The van der Waals surface area contributed by atoms with Crippen LogP contribution in [0.4, 0.5) is 14.9 Å². The molecule has 4 heterocycles. The predicted molar refractivity (Wildman–Crippen MR) is 97.6 cm³/mol. The fourth-order valence-corrected chi connectivity index (χ4v) is 5.03. The van der Waals surface area contributed by atoms with Gasteiger partial charge in [0.2, 0.25) is 17.4 Å². The monoisotopic (exact) mass is 413 g/mol. The molecule has 2 fully saturated rings. The number of aromatic nitrogens is 1. The number of ether oxygens (including phenoxy) is 1. The van der Waals surface area contributed by atoms with Crippen LogP contribution in [0.1, 0.15) is 25.1 Å².